The molecule has 0 aromatic heterocycles. The predicted octanol–water partition coefficient (Wildman–Crippen LogP) is 3.42. The number of carbonyl (C=O) groups excluding carboxylic acids is 1. The van der Waals surface area contributed by atoms with Crippen molar-refractivity contribution in [1.82, 2.24) is 5.32 Å². The van der Waals surface area contributed by atoms with Crippen LogP contribution in [0.15, 0.2) is 48.5 Å². The first-order chi connectivity index (χ1) is 10.1. The lowest BCUT2D eigenvalue weighted by Gasteiger charge is -2.07. The molecule has 2 rings (SSSR count). The van der Waals surface area contributed by atoms with Crippen molar-refractivity contribution >= 4 is 27.5 Å². The Morgan fingerprint density at radius 3 is 2.57 bits per heavy atom. The number of nitro groups is 1. The van der Waals surface area contributed by atoms with Gasteiger partial charge in [-0.15, -0.1) is 0 Å². The topological polar surface area (TPSA) is 72.2 Å². The summed E-state index contributed by atoms with van der Waals surface area (Å²) >= 11 is 3.37. The van der Waals surface area contributed by atoms with Crippen LogP contribution >= 0.6 is 15.9 Å². The van der Waals surface area contributed by atoms with E-state index < -0.39 is 10.8 Å². The standard InChI is InChI=1S/C15H13BrN2O3/c16-9-11-4-3-5-12(8-11)10-17-15(19)13-6-1-2-7-14(13)18(20)21/h1-8H,9-10H2,(H,17,19). The number of rotatable bonds is 5. The Kier molecular flexibility index (Phi) is 5.05. The van der Waals surface area contributed by atoms with Gasteiger partial charge in [0.05, 0.1) is 4.92 Å². The number of halogens is 1. The molecule has 0 aliphatic heterocycles. The molecule has 108 valence electrons. The molecule has 1 N–H and O–H groups in total. The van der Waals surface area contributed by atoms with E-state index in [0.717, 1.165) is 16.5 Å². The van der Waals surface area contributed by atoms with Crippen molar-refractivity contribution in [3.8, 4) is 0 Å². The van der Waals surface area contributed by atoms with E-state index in [9.17, 15) is 14.9 Å². The van der Waals surface area contributed by atoms with Crippen LogP contribution < -0.4 is 5.32 Å². The SMILES string of the molecule is O=C(NCc1cccc(CBr)c1)c1ccccc1[N+](=O)[O-]. The zero-order valence-corrected chi connectivity index (χ0v) is 12.7. The molecule has 0 fully saturated rings. The lowest BCUT2D eigenvalue weighted by molar-refractivity contribution is -0.385. The minimum Gasteiger partial charge on any atom is -0.348 e. The molecule has 0 saturated heterocycles. The molecule has 2 aromatic rings. The fraction of sp³-hybridized carbons (Fsp3) is 0.133. The third kappa shape index (κ3) is 3.88. The van der Waals surface area contributed by atoms with Crippen LogP contribution in [0.25, 0.3) is 0 Å². The summed E-state index contributed by atoms with van der Waals surface area (Å²) in [4.78, 5) is 22.4. The quantitative estimate of drug-likeness (QED) is 0.511. The number of para-hydroxylation sites is 1. The zero-order valence-electron chi connectivity index (χ0n) is 11.1. The van der Waals surface area contributed by atoms with Gasteiger partial charge in [-0.2, -0.15) is 0 Å². The third-order valence-corrected chi connectivity index (χ3v) is 3.59. The summed E-state index contributed by atoms with van der Waals surface area (Å²) < 4.78 is 0. The highest BCUT2D eigenvalue weighted by atomic mass is 79.9. The van der Waals surface area contributed by atoms with Gasteiger partial charge in [-0.1, -0.05) is 52.3 Å². The minimum atomic E-state index is -0.555. The Morgan fingerprint density at radius 2 is 1.86 bits per heavy atom. The molecule has 0 heterocycles. The second kappa shape index (κ2) is 6.99. The van der Waals surface area contributed by atoms with Crippen LogP contribution in [0.1, 0.15) is 21.5 Å². The van der Waals surface area contributed by atoms with Crippen LogP contribution in [0.5, 0.6) is 0 Å². The first-order valence-electron chi connectivity index (χ1n) is 6.27. The average Bonchev–Trinajstić information content (AvgIpc) is 2.52. The van der Waals surface area contributed by atoms with Gasteiger partial charge in [-0.05, 0) is 17.2 Å². The van der Waals surface area contributed by atoms with Gasteiger partial charge >= 0.3 is 0 Å². The van der Waals surface area contributed by atoms with Gasteiger partial charge in [0, 0.05) is 17.9 Å². The van der Waals surface area contributed by atoms with Crippen molar-refractivity contribution in [1.29, 1.82) is 0 Å². The fourth-order valence-electron chi connectivity index (χ4n) is 1.93. The summed E-state index contributed by atoms with van der Waals surface area (Å²) in [5, 5.41) is 14.3. The maximum absolute atomic E-state index is 12.1. The summed E-state index contributed by atoms with van der Waals surface area (Å²) in [6.45, 7) is 0.325. The van der Waals surface area contributed by atoms with Gasteiger partial charge in [0.25, 0.3) is 11.6 Å². The summed E-state index contributed by atoms with van der Waals surface area (Å²) in [5.41, 5.74) is 1.93. The van der Waals surface area contributed by atoms with Crippen LogP contribution in [0.2, 0.25) is 0 Å². The van der Waals surface area contributed by atoms with Crippen LogP contribution in [0.4, 0.5) is 5.69 Å². The number of nitrogens with zero attached hydrogens (tertiary/aromatic N) is 1. The summed E-state index contributed by atoms with van der Waals surface area (Å²) in [6, 6.07) is 13.6. The Bertz CT molecular complexity index is 673. The summed E-state index contributed by atoms with van der Waals surface area (Å²) in [6.07, 6.45) is 0. The van der Waals surface area contributed by atoms with Gasteiger partial charge in [-0.25, -0.2) is 0 Å². The summed E-state index contributed by atoms with van der Waals surface area (Å²) in [7, 11) is 0. The number of carbonyl (C=O) groups is 1. The molecule has 0 bridgehead atoms. The molecule has 0 spiro atoms. The number of hydrogen-bond donors (Lipinski definition) is 1. The van der Waals surface area contributed by atoms with Crippen LogP contribution in [0.3, 0.4) is 0 Å². The number of amides is 1. The lowest BCUT2D eigenvalue weighted by Crippen LogP contribution is -2.23. The second-order valence-corrected chi connectivity index (χ2v) is 4.97. The van der Waals surface area contributed by atoms with Gasteiger partial charge in [0.15, 0.2) is 0 Å². The predicted molar refractivity (Wildman–Crippen MR) is 83.3 cm³/mol. The smallest absolute Gasteiger partial charge is 0.282 e. The molecule has 0 aliphatic rings. The highest BCUT2D eigenvalue weighted by Crippen LogP contribution is 2.17. The highest BCUT2D eigenvalue weighted by molar-refractivity contribution is 9.08. The van der Waals surface area contributed by atoms with E-state index in [-0.39, 0.29) is 11.3 Å². The molecular weight excluding hydrogens is 336 g/mol. The van der Waals surface area contributed by atoms with E-state index >= 15 is 0 Å². The molecule has 1 amide bonds. The monoisotopic (exact) mass is 348 g/mol. The third-order valence-electron chi connectivity index (χ3n) is 2.94. The molecule has 0 saturated carbocycles. The number of nitrogens with one attached hydrogen (secondary N) is 1. The van der Waals surface area contributed by atoms with Gasteiger partial charge in [0.1, 0.15) is 5.56 Å². The van der Waals surface area contributed by atoms with E-state index in [1.54, 1.807) is 6.07 Å². The first kappa shape index (κ1) is 15.2. The average molecular weight is 349 g/mol. The largest absolute Gasteiger partial charge is 0.348 e. The molecule has 2 aromatic carbocycles. The highest BCUT2D eigenvalue weighted by Gasteiger charge is 2.18. The van der Waals surface area contributed by atoms with Crippen LogP contribution in [-0.4, -0.2) is 10.8 Å². The first-order valence-corrected chi connectivity index (χ1v) is 7.39. The number of benzene rings is 2. The molecular formula is C15H13BrN2O3. The maximum Gasteiger partial charge on any atom is 0.282 e. The van der Waals surface area contributed by atoms with E-state index in [2.05, 4.69) is 21.2 Å². The molecule has 0 radical (unpaired) electrons. The molecule has 5 nitrogen and oxygen atoms in total. The van der Waals surface area contributed by atoms with Crippen LogP contribution in [0, 0.1) is 10.1 Å². The van der Waals surface area contributed by atoms with Crippen molar-refractivity contribution in [2.24, 2.45) is 0 Å². The van der Waals surface area contributed by atoms with Gasteiger partial charge in [-0.3, -0.25) is 14.9 Å². The zero-order chi connectivity index (χ0) is 15.2. The van der Waals surface area contributed by atoms with Crippen LogP contribution in [-0.2, 0) is 11.9 Å². The van der Waals surface area contributed by atoms with Crippen molar-refractivity contribution in [3.05, 3.63) is 75.3 Å². The number of hydrogen-bond acceptors (Lipinski definition) is 3. The maximum atomic E-state index is 12.1. The molecule has 21 heavy (non-hydrogen) atoms. The van der Waals surface area contributed by atoms with Crippen molar-refractivity contribution in [2.45, 2.75) is 11.9 Å². The Hall–Kier alpha value is -2.21. The van der Waals surface area contributed by atoms with Crippen molar-refractivity contribution < 1.29 is 9.72 Å². The second-order valence-electron chi connectivity index (χ2n) is 4.41. The molecule has 6 heteroatoms. The molecule has 0 atom stereocenters. The van der Waals surface area contributed by atoms with E-state index in [4.69, 9.17) is 0 Å². The fourth-order valence-corrected chi connectivity index (χ4v) is 2.27. The van der Waals surface area contributed by atoms with Gasteiger partial charge < -0.3 is 5.32 Å². The van der Waals surface area contributed by atoms with E-state index in [0.29, 0.717) is 6.54 Å². The lowest BCUT2D eigenvalue weighted by atomic mass is 10.1. The Morgan fingerprint density at radius 1 is 1.14 bits per heavy atom. The summed E-state index contributed by atoms with van der Waals surface area (Å²) in [5.74, 6) is -0.452. The van der Waals surface area contributed by atoms with E-state index in [1.807, 2.05) is 24.3 Å². The van der Waals surface area contributed by atoms with Crippen molar-refractivity contribution in [2.75, 3.05) is 0 Å². The number of alkyl halides is 1. The van der Waals surface area contributed by atoms with E-state index in [1.165, 1.54) is 18.2 Å². The minimum absolute atomic E-state index is 0.0687. The normalized spacial score (nSPS) is 10.1. The van der Waals surface area contributed by atoms with Crippen molar-refractivity contribution in [3.63, 3.8) is 0 Å². The Labute approximate surface area is 130 Å². The Balaban J connectivity index is 2.10. The molecule has 0 unspecified atom stereocenters. The molecule has 0 aliphatic carbocycles. The van der Waals surface area contributed by atoms with Gasteiger partial charge in [0.2, 0.25) is 0 Å². The number of nitro benzene ring substituents is 1.